The van der Waals surface area contributed by atoms with Crippen molar-refractivity contribution in [3.63, 3.8) is 0 Å². The fourth-order valence-corrected chi connectivity index (χ4v) is 3.12. The van der Waals surface area contributed by atoms with Crippen LogP contribution < -0.4 is 10.1 Å². The highest BCUT2D eigenvalue weighted by atomic mass is 35.5. The fourth-order valence-electron chi connectivity index (χ4n) is 3.12. The molecule has 1 aliphatic rings. The van der Waals surface area contributed by atoms with Crippen LogP contribution >= 0.6 is 24.8 Å². The van der Waals surface area contributed by atoms with Crippen LogP contribution in [0.15, 0.2) is 42.5 Å². The number of hydrogen-bond donors (Lipinski definition) is 1. The second kappa shape index (κ2) is 10.2. The maximum Gasteiger partial charge on any atom is 0.573 e. The Labute approximate surface area is 171 Å². The summed E-state index contributed by atoms with van der Waals surface area (Å²) in [5.41, 5.74) is 0.379. The van der Waals surface area contributed by atoms with Gasteiger partial charge in [0.15, 0.2) is 0 Å². The molecule has 1 fully saturated rings. The van der Waals surface area contributed by atoms with Crippen LogP contribution in [0.5, 0.6) is 5.75 Å². The normalized spacial score (nSPS) is 15.9. The third-order valence-electron chi connectivity index (χ3n) is 4.22. The van der Waals surface area contributed by atoms with E-state index >= 15 is 0 Å². The van der Waals surface area contributed by atoms with Crippen molar-refractivity contribution in [1.82, 2.24) is 10.2 Å². The molecule has 0 amide bonds. The Hall–Kier alpha value is -1.61. The van der Waals surface area contributed by atoms with Crippen molar-refractivity contribution in [3.05, 3.63) is 65.2 Å². The molecule has 0 bridgehead atoms. The minimum absolute atomic E-state index is 0. The number of halogens is 7. The van der Waals surface area contributed by atoms with E-state index in [1.54, 1.807) is 0 Å². The molecule has 0 radical (unpaired) electrons. The molecule has 1 heterocycles. The van der Waals surface area contributed by atoms with E-state index in [4.69, 9.17) is 0 Å². The predicted octanol–water partition coefficient (Wildman–Crippen LogP) is 4.70. The van der Waals surface area contributed by atoms with Gasteiger partial charge in [-0.1, -0.05) is 18.2 Å². The van der Waals surface area contributed by atoms with Crippen LogP contribution in [-0.2, 0) is 0 Å². The average molecular weight is 445 g/mol. The molecule has 2 aromatic carbocycles. The molecule has 156 valence electrons. The van der Waals surface area contributed by atoms with Crippen LogP contribution in [0, 0.1) is 11.6 Å². The molecule has 0 aliphatic carbocycles. The van der Waals surface area contributed by atoms with Gasteiger partial charge in [-0.15, -0.1) is 38.0 Å². The molecule has 3 rings (SSSR count). The summed E-state index contributed by atoms with van der Waals surface area (Å²) in [5.74, 6) is -1.76. The van der Waals surface area contributed by atoms with Crippen LogP contribution in [-0.4, -0.2) is 37.4 Å². The van der Waals surface area contributed by atoms with Gasteiger partial charge in [-0.25, -0.2) is 8.78 Å². The molecule has 0 unspecified atom stereocenters. The summed E-state index contributed by atoms with van der Waals surface area (Å²) >= 11 is 0. The van der Waals surface area contributed by atoms with E-state index in [1.807, 2.05) is 4.90 Å². The lowest BCUT2D eigenvalue weighted by Gasteiger charge is -2.35. The zero-order chi connectivity index (χ0) is 18.7. The Kier molecular flexibility index (Phi) is 8.94. The highest BCUT2D eigenvalue weighted by molar-refractivity contribution is 5.85. The Morgan fingerprint density at radius 3 is 1.93 bits per heavy atom. The van der Waals surface area contributed by atoms with E-state index in [9.17, 15) is 22.0 Å². The molecule has 0 aromatic heterocycles. The number of alkyl halides is 3. The molecule has 3 nitrogen and oxygen atoms in total. The van der Waals surface area contributed by atoms with E-state index in [0.717, 1.165) is 12.1 Å². The van der Waals surface area contributed by atoms with Crippen molar-refractivity contribution in [2.75, 3.05) is 26.2 Å². The van der Waals surface area contributed by atoms with Crippen LogP contribution in [0.3, 0.4) is 0 Å². The minimum atomic E-state index is -4.79. The fraction of sp³-hybridized carbons (Fsp3) is 0.333. The maximum atomic E-state index is 14.4. The van der Waals surface area contributed by atoms with Gasteiger partial charge in [0.25, 0.3) is 0 Å². The first-order valence-electron chi connectivity index (χ1n) is 8.09. The zero-order valence-electron chi connectivity index (χ0n) is 14.5. The van der Waals surface area contributed by atoms with Gasteiger partial charge in [0.2, 0.25) is 0 Å². The highest BCUT2D eigenvalue weighted by Gasteiger charge is 2.32. The van der Waals surface area contributed by atoms with Crippen LogP contribution in [0.1, 0.15) is 17.2 Å². The molecule has 1 saturated heterocycles. The lowest BCUT2D eigenvalue weighted by atomic mass is 9.95. The number of rotatable bonds is 4. The number of nitrogens with one attached hydrogen (secondary N) is 1. The van der Waals surface area contributed by atoms with Gasteiger partial charge in [0.1, 0.15) is 17.4 Å². The Balaban J connectivity index is 0.00000196. The Bertz CT molecular complexity index is 732. The van der Waals surface area contributed by atoms with Crippen molar-refractivity contribution >= 4 is 24.8 Å². The molecule has 10 heteroatoms. The molecule has 0 spiro atoms. The smallest absolute Gasteiger partial charge is 0.406 e. The Morgan fingerprint density at radius 1 is 0.893 bits per heavy atom. The first kappa shape index (κ1) is 24.4. The predicted molar refractivity (Wildman–Crippen MR) is 100 cm³/mol. The average Bonchev–Trinajstić information content (AvgIpc) is 2.59. The number of nitrogens with zero attached hydrogens (tertiary/aromatic N) is 1. The van der Waals surface area contributed by atoms with Crippen molar-refractivity contribution in [3.8, 4) is 5.75 Å². The number of hydrogen-bond acceptors (Lipinski definition) is 3. The summed E-state index contributed by atoms with van der Waals surface area (Å²) in [5, 5.41) is 3.16. The van der Waals surface area contributed by atoms with E-state index in [2.05, 4.69) is 10.1 Å². The molecule has 1 N–H and O–H groups in total. The third-order valence-corrected chi connectivity index (χ3v) is 4.22. The summed E-state index contributed by atoms with van der Waals surface area (Å²) in [6.07, 6.45) is -4.79. The first-order chi connectivity index (χ1) is 12.3. The summed E-state index contributed by atoms with van der Waals surface area (Å²) in [4.78, 5) is 1.90. The van der Waals surface area contributed by atoms with Gasteiger partial charge >= 0.3 is 6.36 Å². The SMILES string of the molecule is Cl.Cl.Fc1cccc(F)c1[C@H](c1ccc(OC(F)(F)F)cc1)N1CCNCC1. The lowest BCUT2D eigenvalue weighted by Crippen LogP contribution is -2.45. The van der Waals surface area contributed by atoms with E-state index in [-0.39, 0.29) is 36.1 Å². The summed E-state index contributed by atoms with van der Waals surface area (Å²) in [6, 6.07) is 8.00. The van der Waals surface area contributed by atoms with Crippen molar-refractivity contribution < 1.29 is 26.7 Å². The van der Waals surface area contributed by atoms with Gasteiger partial charge in [-0.3, -0.25) is 4.90 Å². The standard InChI is InChI=1S/C18H17F5N2O.2ClH/c19-14-2-1-3-15(20)16(14)17(25-10-8-24-9-11-25)12-4-6-13(7-5-12)26-18(21,22)23;;/h1-7,17,24H,8-11H2;2*1H/t17-;;/m0../s1. The van der Waals surface area contributed by atoms with Crippen molar-refractivity contribution in [1.29, 1.82) is 0 Å². The highest BCUT2D eigenvalue weighted by Crippen LogP contribution is 2.34. The second-order valence-corrected chi connectivity index (χ2v) is 5.94. The molecule has 1 aliphatic heterocycles. The monoisotopic (exact) mass is 444 g/mol. The van der Waals surface area contributed by atoms with Crippen molar-refractivity contribution in [2.45, 2.75) is 12.4 Å². The lowest BCUT2D eigenvalue weighted by molar-refractivity contribution is -0.274. The van der Waals surface area contributed by atoms with Gasteiger partial charge in [0.05, 0.1) is 6.04 Å². The first-order valence-corrected chi connectivity index (χ1v) is 8.09. The molecule has 2 aromatic rings. The van der Waals surface area contributed by atoms with Gasteiger partial charge < -0.3 is 10.1 Å². The summed E-state index contributed by atoms with van der Waals surface area (Å²) in [7, 11) is 0. The quantitative estimate of drug-likeness (QED) is 0.691. The zero-order valence-corrected chi connectivity index (χ0v) is 16.1. The van der Waals surface area contributed by atoms with Crippen LogP contribution in [0.4, 0.5) is 22.0 Å². The number of piperazine rings is 1. The maximum absolute atomic E-state index is 14.4. The van der Waals surface area contributed by atoms with Crippen LogP contribution in [0.25, 0.3) is 0 Å². The molecular weight excluding hydrogens is 426 g/mol. The largest absolute Gasteiger partial charge is 0.573 e. The second-order valence-electron chi connectivity index (χ2n) is 5.94. The molecule has 1 atom stereocenters. The van der Waals surface area contributed by atoms with Crippen LogP contribution in [0.2, 0.25) is 0 Å². The minimum Gasteiger partial charge on any atom is -0.406 e. The van der Waals surface area contributed by atoms with Gasteiger partial charge in [-0.05, 0) is 29.8 Å². The third kappa shape index (κ3) is 5.94. The summed E-state index contributed by atoms with van der Waals surface area (Å²) in [6.45, 7) is 2.42. The summed E-state index contributed by atoms with van der Waals surface area (Å²) < 4.78 is 69.6. The molecular formula is C18H19Cl2F5N2O. The van der Waals surface area contributed by atoms with Gasteiger partial charge in [-0.2, -0.15) is 0 Å². The number of ether oxygens (including phenoxy) is 1. The Morgan fingerprint density at radius 2 is 1.43 bits per heavy atom. The van der Waals surface area contributed by atoms with Crippen molar-refractivity contribution in [2.24, 2.45) is 0 Å². The number of benzene rings is 2. The van der Waals surface area contributed by atoms with E-state index in [1.165, 1.54) is 30.3 Å². The topological polar surface area (TPSA) is 24.5 Å². The van der Waals surface area contributed by atoms with E-state index in [0.29, 0.717) is 31.7 Å². The molecule has 28 heavy (non-hydrogen) atoms. The van der Waals surface area contributed by atoms with Gasteiger partial charge in [0, 0.05) is 31.7 Å². The van der Waals surface area contributed by atoms with E-state index < -0.39 is 24.0 Å². The molecule has 0 saturated carbocycles.